The number of fused-ring (bicyclic) bond motifs is 1. The summed E-state index contributed by atoms with van der Waals surface area (Å²) in [5.41, 5.74) is 4.55. The molecule has 0 fully saturated rings. The summed E-state index contributed by atoms with van der Waals surface area (Å²) in [6, 6.07) is 7.77. The van der Waals surface area contributed by atoms with Crippen LogP contribution in [0, 0.1) is 0 Å². The van der Waals surface area contributed by atoms with Crippen LogP contribution in [-0.2, 0) is 23.8 Å². The third-order valence-electron chi connectivity index (χ3n) is 5.65. The fourth-order valence-electron chi connectivity index (χ4n) is 3.88. The van der Waals surface area contributed by atoms with Crippen molar-refractivity contribution in [1.29, 1.82) is 0 Å². The molecule has 1 aliphatic rings. The van der Waals surface area contributed by atoms with E-state index < -0.39 is 0 Å². The molecule has 35 heavy (non-hydrogen) atoms. The van der Waals surface area contributed by atoms with E-state index in [1.165, 1.54) is 11.3 Å². The number of hydrogen-bond acceptors (Lipinski definition) is 8. The molecule has 1 atom stereocenters. The molecule has 9 nitrogen and oxygen atoms in total. The highest BCUT2D eigenvalue weighted by molar-refractivity contribution is 7.13. The molecule has 3 aromatic heterocycles. The number of benzene rings is 1. The number of nitrogens with one attached hydrogen (secondary N) is 2. The molecule has 5 rings (SSSR count). The van der Waals surface area contributed by atoms with Gasteiger partial charge >= 0.3 is 0 Å². The molecule has 0 aliphatic carbocycles. The molecule has 1 aromatic carbocycles. The van der Waals surface area contributed by atoms with Crippen molar-refractivity contribution in [2.24, 2.45) is 7.05 Å². The maximum absolute atomic E-state index is 12.9. The molecule has 1 amide bonds. The van der Waals surface area contributed by atoms with E-state index >= 15 is 0 Å². The van der Waals surface area contributed by atoms with E-state index in [1.807, 2.05) is 31.4 Å². The van der Waals surface area contributed by atoms with E-state index in [1.54, 1.807) is 23.3 Å². The van der Waals surface area contributed by atoms with E-state index in [0.717, 1.165) is 33.1 Å². The van der Waals surface area contributed by atoms with Crippen LogP contribution in [-0.4, -0.2) is 37.2 Å². The van der Waals surface area contributed by atoms with Crippen molar-refractivity contribution in [3.63, 3.8) is 0 Å². The van der Waals surface area contributed by atoms with Crippen LogP contribution in [0.1, 0.15) is 52.6 Å². The molecule has 2 N–H and O–H groups in total. The van der Waals surface area contributed by atoms with Gasteiger partial charge in [-0.3, -0.25) is 9.48 Å². The molecule has 1 aliphatic heterocycles. The molecule has 0 saturated carbocycles. The van der Waals surface area contributed by atoms with Crippen LogP contribution in [0.4, 0.5) is 11.6 Å². The van der Waals surface area contributed by atoms with Crippen molar-refractivity contribution >= 4 is 28.9 Å². The van der Waals surface area contributed by atoms with Crippen LogP contribution in [0.25, 0.3) is 11.3 Å². The summed E-state index contributed by atoms with van der Waals surface area (Å²) in [6.07, 6.45) is 6.95. The quantitative estimate of drug-likeness (QED) is 0.428. The fourth-order valence-corrected chi connectivity index (χ4v) is 4.75. The first-order chi connectivity index (χ1) is 16.8. The first kappa shape index (κ1) is 23.1. The Hall–Kier alpha value is -3.63. The summed E-state index contributed by atoms with van der Waals surface area (Å²) in [7, 11) is 1.85. The molecular formula is C25H27N7O2S. The number of nitrogens with zero attached hydrogens (tertiary/aromatic N) is 5. The number of hydrogen-bond donors (Lipinski definition) is 2. The van der Waals surface area contributed by atoms with Gasteiger partial charge in [0.1, 0.15) is 4.88 Å². The molecule has 0 radical (unpaired) electrons. The first-order valence-corrected chi connectivity index (χ1v) is 12.1. The topological polar surface area (TPSA) is 107 Å². The van der Waals surface area contributed by atoms with Crippen molar-refractivity contribution in [1.82, 2.24) is 30.0 Å². The minimum atomic E-state index is -0.228. The number of carbonyl (C=O) groups excluding carboxylic acids is 1. The maximum atomic E-state index is 12.9. The van der Waals surface area contributed by atoms with Gasteiger partial charge in [-0.05, 0) is 23.3 Å². The molecule has 0 spiro atoms. The standard InChI is InChI=1S/C25H27N7O2S/c1-25(2,3)23-27-11-21(35-23)22(33)30-20-14-34-13-16-9-15(5-6-18(16)20)19-7-8-26-24(31-19)29-17-10-28-32(4)12-17/h5-12,20H,13-14H2,1-4H3,(H,30,33)(H,26,29,31). The molecular weight excluding hydrogens is 462 g/mol. The van der Waals surface area contributed by atoms with Gasteiger partial charge in [0.05, 0.1) is 48.0 Å². The predicted octanol–water partition coefficient (Wildman–Crippen LogP) is 4.38. The van der Waals surface area contributed by atoms with E-state index in [9.17, 15) is 4.79 Å². The number of thiazole rings is 1. The Morgan fingerprint density at radius 1 is 1.20 bits per heavy atom. The van der Waals surface area contributed by atoms with Crippen LogP contribution in [0.5, 0.6) is 0 Å². The molecule has 180 valence electrons. The summed E-state index contributed by atoms with van der Waals surface area (Å²) >= 11 is 1.43. The number of ether oxygens (including phenoxy) is 1. The van der Waals surface area contributed by atoms with Gasteiger partial charge < -0.3 is 15.4 Å². The molecule has 4 heterocycles. The lowest BCUT2D eigenvalue weighted by molar-refractivity contribution is 0.0710. The number of amides is 1. The Balaban J connectivity index is 1.34. The third kappa shape index (κ3) is 5.08. The second-order valence-corrected chi connectivity index (χ2v) is 10.6. The smallest absolute Gasteiger partial charge is 0.263 e. The Morgan fingerprint density at radius 3 is 2.80 bits per heavy atom. The number of aryl methyl sites for hydroxylation is 1. The lowest BCUT2D eigenvalue weighted by Gasteiger charge is -2.27. The molecule has 0 saturated heterocycles. The molecule has 0 bridgehead atoms. The minimum absolute atomic E-state index is 0.0888. The van der Waals surface area contributed by atoms with Gasteiger partial charge in [0, 0.05) is 30.4 Å². The van der Waals surface area contributed by atoms with Crippen molar-refractivity contribution in [3.05, 3.63) is 70.1 Å². The van der Waals surface area contributed by atoms with Gasteiger partial charge in [-0.15, -0.1) is 11.3 Å². The van der Waals surface area contributed by atoms with E-state index in [0.29, 0.717) is 24.0 Å². The van der Waals surface area contributed by atoms with Crippen LogP contribution in [0.15, 0.2) is 49.1 Å². The Bertz CT molecular complexity index is 1370. The molecule has 1 unspecified atom stereocenters. The average Bonchev–Trinajstić information content (AvgIpc) is 3.49. The SMILES string of the molecule is Cn1cc(Nc2nccc(-c3ccc4c(c3)COCC4NC(=O)c3cnc(C(C)(C)C)s3)n2)cn1. The zero-order valence-corrected chi connectivity index (χ0v) is 20.9. The molecule has 10 heteroatoms. The van der Waals surface area contributed by atoms with Gasteiger partial charge in [-0.2, -0.15) is 5.10 Å². The van der Waals surface area contributed by atoms with E-state index in [-0.39, 0.29) is 17.4 Å². The number of anilines is 2. The van der Waals surface area contributed by atoms with Gasteiger partial charge in [0.15, 0.2) is 0 Å². The van der Waals surface area contributed by atoms with Gasteiger partial charge in [0.25, 0.3) is 5.91 Å². The Kier molecular flexibility index (Phi) is 6.08. The van der Waals surface area contributed by atoms with Crippen molar-refractivity contribution < 1.29 is 9.53 Å². The second kappa shape index (κ2) is 9.20. The summed E-state index contributed by atoms with van der Waals surface area (Å²) in [4.78, 5) is 26.9. The zero-order valence-electron chi connectivity index (χ0n) is 20.1. The average molecular weight is 490 g/mol. The normalized spacial score (nSPS) is 15.5. The van der Waals surface area contributed by atoms with Crippen LogP contribution >= 0.6 is 11.3 Å². The highest BCUT2D eigenvalue weighted by Crippen LogP contribution is 2.31. The van der Waals surface area contributed by atoms with Gasteiger partial charge in [-0.1, -0.05) is 32.9 Å². The summed E-state index contributed by atoms with van der Waals surface area (Å²) in [5, 5.41) is 11.4. The van der Waals surface area contributed by atoms with E-state index in [2.05, 4.69) is 57.5 Å². The number of aromatic nitrogens is 5. The zero-order chi connectivity index (χ0) is 24.6. The highest BCUT2D eigenvalue weighted by atomic mass is 32.1. The molecule has 4 aromatic rings. The number of rotatable bonds is 5. The summed E-state index contributed by atoms with van der Waals surface area (Å²) in [5.74, 6) is 0.360. The second-order valence-electron chi connectivity index (χ2n) is 9.53. The Morgan fingerprint density at radius 2 is 2.06 bits per heavy atom. The van der Waals surface area contributed by atoms with Crippen molar-refractivity contribution in [3.8, 4) is 11.3 Å². The van der Waals surface area contributed by atoms with E-state index in [4.69, 9.17) is 4.74 Å². The summed E-state index contributed by atoms with van der Waals surface area (Å²) < 4.78 is 7.53. The monoisotopic (exact) mass is 489 g/mol. The largest absolute Gasteiger partial charge is 0.374 e. The predicted molar refractivity (Wildman–Crippen MR) is 135 cm³/mol. The van der Waals surface area contributed by atoms with Crippen LogP contribution in [0.2, 0.25) is 0 Å². The van der Waals surface area contributed by atoms with Gasteiger partial charge in [-0.25, -0.2) is 15.0 Å². The first-order valence-electron chi connectivity index (χ1n) is 11.3. The fraction of sp³-hybridized carbons (Fsp3) is 0.320. The van der Waals surface area contributed by atoms with Crippen molar-refractivity contribution in [2.75, 3.05) is 11.9 Å². The number of carbonyl (C=O) groups is 1. The van der Waals surface area contributed by atoms with Crippen LogP contribution in [0.3, 0.4) is 0 Å². The highest BCUT2D eigenvalue weighted by Gasteiger charge is 2.26. The third-order valence-corrected chi connectivity index (χ3v) is 7.07. The van der Waals surface area contributed by atoms with Gasteiger partial charge in [0.2, 0.25) is 5.95 Å². The Labute approximate surface area is 207 Å². The summed E-state index contributed by atoms with van der Waals surface area (Å²) in [6.45, 7) is 7.18. The maximum Gasteiger partial charge on any atom is 0.263 e. The van der Waals surface area contributed by atoms with Crippen molar-refractivity contribution in [2.45, 2.75) is 38.8 Å². The van der Waals surface area contributed by atoms with Crippen LogP contribution < -0.4 is 10.6 Å². The lowest BCUT2D eigenvalue weighted by Crippen LogP contribution is -2.34. The lowest BCUT2D eigenvalue weighted by atomic mass is 9.95. The minimum Gasteiger partial charge on any atom is -0.374 e.